The van der Waals surface area contributed by atoms with E-state index >= 15 is 0 Å². The number of hydrogen-bond donors (Lipinski definition) is 2. The monoisotopic (exact) mass is 382 g/mol. The van der Waals surface area contributed by atoms with Crippen molar-refractivity contribution in [1.29, 1.82) is 0 Å². The lowest BCUT2D eigenvalue weighted by atomic mass is 10.2. The second kappa shape index (κ2) is 9.51. The van der Waals surface area contributed by atoms with Crippen LogP contribution < -0.4 is 20.1 Å². The zero-order valence-electron chi connectivity index (χ0n) is 14.1. The molecule has 1 amide bonds. The third kappa shape index (κ3) is 5.53. The van der Waals surface area contributed by atoms with Gasteiger partial charge in [0.2, 0.25) is 5.91 Å². The van der Waals surface area contributed by atoms with Crippen LogP contribution >= 0.6 is 23.2 Å². The Morgan fingerprint density at radius 1 is 1.04 bits per heavy atom. The van der Waals surface area contributed by atoms with Crippen LogP contribution in [0.15, 0.2) is 36.4 Å². The second-order valence-electron chi connectivity index (χ2n) is 5.26. The number of ether oxygens (including phenoxy) is 2. The van der Waals surface area contributed by atoms with Gasteiger partial charge in [0.25, 0.3) is 0 Å². The number of amides is 1. The first-order valence-electron chi connectivity index (χ1n) is 7.70. The molecule has 134 valence electrons. The van der Waals surface area contributed by atoms with E-state index in [-0.39, 0.29) is 5.91 Å². The van der Waals surface area contributed by atoms with Crippen LogP contribution in [0, 0.1) is 0 Å². The minimum absolute atomic E-state index is 0.158. The molecular formula is C18H20Cl2N2O3. The lowest BCUT2D eigenvalue weighted by Crippen LogP contribution is -2.21. The molecular weight excluding hydrogens is 363 g/mol. The summed E-state index contributed by atoms with van der Waals surface area (Å²) in [5, 5.41) is 6.78. The largest absolute Gasteiger partial charge is 0.493 e. The Morgan fingerprint density at radius 2 is 1.72 bits per heavy atom. The summed E-state index contributed by atoms with van der Waals surface area (Å²) in [6, 6.07) is 10.8. The highest BCUT2D eigenvalue weighted by Crippen LogP contribution is 2.30. The van der Waals surface area contributed by atoms with Crippen LogP contribution in [0.5, 0.6) is 11.5 Å². The van der Waals surface area contributed by atoms with E-state index in [4.69, 9.17) is 32.7 Å². The van der Waals surface area contributed by atoms with Crippen molar-refractivity contribution >= 4 is 34.8 Å². The standard InChI is InChI=1S/C18H20Cl2N2O3/c1-24-15-7-6-12(10-16(15)25-2)11-21-9-8-17(23)22-18-13(19)4-3-5-14(18)20/h3-7,10,21H,8-9,11H2,1-2H3,(H,22,23). The fraction of sp³-hybridized carbons (Fsp3) is 0.278. The van der Waals surface area contributed by atoms with Gasteiger partial charge < -0.3 is 20.1 Å². The molecule has 0 bridgehead atoms. The Bertz CT molecular complexity index is 718. The number of nitrogens with one attached hydrogen (secondary N) is 2. The van der Waals surface area contributed by atoms with E-state index in [9.17, 15) is 4.79 Å². The van der Waals surface area contributed by atoms with E-state index in [2.05, 4.69) is 10.6 Å². The number of anilines is 1. The van der Waals surface area contributed by atoms with Gasteiger partial charge in [-0.25, -0.2) is 0 Å². The van der Waals surface area contributed by atoms with E-state index in [1.54, 1.807) is 32.4 Å². The molecule has 0 saturated carbocycles. The maximum absolute atomic E-state index is 12.0. The Labute approximate surface area is 157 Å². The molecule has 0 aliphatic carbocycles. The highest BCUT2D eigenvalue weighted by atomic mass is 35.5. The summed E-state index contributed by atoms with van der Waals surface area (Å²) < 4.78 is 10.5. The van der Waals surface area contributed by atoms with E-state index in [0.29, 0.717) is 46.7 Å². The normalized spacial score (nSPS) is 10.4. The van der Waals surface area contributed by atoms with Crippen LogP contribution in [0.3, 0.4) is 0 Å². The highest BCUT2D eigenvalue weighted by Gasteiger charge is 2.09. The molecule has 2 N–H and O–H groups in total. The van der Waals surface area contributed by atoms with Crippen LogP contribution in [-0.2, 0) is 11.3 Å². The first-order chi connectivity index (χ1) is 12.0. The smallest absolute Gasteiger partial charge is 0.225 e. The maximum Gasteiger partial charge on any atom is 0.225 e. The minimum Gasteiger partial charge on any atom is -0.493 e. The molecule has 2 aromatic carbocycles. The third-order valence-electron chi connectivity index (χ3n) is 3.53. The van der Waals surface area contributed by atoms with E-state index in [1.165, 1.54) is 0 Å². The molecule has 7 heteroatoms. The predicted octanol–water partition coefficient (Wildman–Crippen LogP) is 4.13. The quantitative estimate of drug-likeness (QED) is 0.673. The molecule has 0 aliphatic rings. The zero-order chi connectivity index (χ0) is 18.2. The van der Waals surface area contributed by atoms with Gasteiger partial charge in [0.05, 0.1) is 30.0 Å². The van der Waals surface area contributed by atoms with Crippen molar-refractivity contribution in [2.75, 3.05) is 26.1 Å². The van der Waals surface area contributed by atoms with Gasteiger partial charge >= 0.3 is 0 Å². The molecule has 0 spiro atoms. The predicted molar refractivity (Wildman–Crippen MR) is 101 cm³/mol. The van der Waals surface area contributed by atoms with Crippen molar-refractivity contribution in [3.05, 3.63) is 52.0 Å². The molecule has 2 aromatic rings. The molecule has 2 rings (SSSR count). The Morgan fingerprint density at radius 3 is 2.36 bits per heavy atom. The number of rotatable bonds is 8. The molecule has 0 atom stereocenters. The van der Waals surface area contributed by atoms with Crippen molar-refractivity contribution < 1.29 is 14.3 Å². The SMILES string of the molecule is COc1ccc(CNCCC(=O)Nc2c(Cl)cccc2Cl)cc1OC. The van der Waals surface area contributed by atoms with Crippen LogP contribution in [0.1, 0.15) is 12.0 Å². The van der Waals surface area contributed by atoms with Gasteiger partial charge in [-0.05, 0) is 29.8 Å². The summed E-state index contributed by atoms with van der Waals surface area (Å²) in [4.78, 5) is 12.0. The lowest BCUT2D eigenvalue weighted by molar-refractivity contribution is -0.116. The minimum atomic E-state index is -0.158. The van der Waals surface area contributed by atoms with E-state index in [1.807, 2.05) is 18.2 Å². The molecule has 0 saturated heterocycles. The summed E-state index contributed by atoms with van der Waals surface area (Å²) in [6.07, 6.45) is 0.300. The van der Waals surface area contributed by atoms with Crippen molar-refractivity contribution in [1.82, 2.24) is 5.32 Å². The van der Waals surface area contributed by atoms with Gasteiger partial charge in [0, 0.05) is 19.5 Å². The Hall–Kier alpha value is -1.95. The Balaban J connectivity index is 1.80. The lowest BCUT2D eigenvalue weighted by Gasteiger charge is -2.11. The number of hydrogen-bond acceptors (Lipinski definition) is 4. The Kier molecular flexibility index (Phi) is 7.37. The number of para-hydroxylation sites is 1. The fourth-order valence-corrected chi connectivity index (χ4v) is 2.74. The molecule has 25 heavy (non-hydrogen) atoms. The van der Waals surface area contributed by atoms with Crippen molar-refractivity contribution in [3.63, 3.8) is 0 Å². The van der Waals surface area contributed by atoms with Crippen LogP contribution in [-0.4, -0.2) is 26.7 Å². The molecule has 0 heterocycles. The van der Waals surface area contributed by atoms with Gasteiger partial charge in [0.15, 0.2) is 11.5 Å². The molecule has 0 unspecified atom stereocenters. The van der Waals surface area contributed by atoms with Crippen LogP contribution in [0.4, 0.5) is 5.69 Å². The van der Waals surface area contributed by atoms with Gasteiger partial charge in [0.1, 0.15) is 0 Å². The van der Waals surface area contributed by atoms with Gasteiger partial charge in [-0.3, -0.25) is 4.79 Å². The summed E-state index contributed by atoms with van der Waals surface area (Å²) in [7, 11) is 3.19. The molecule has 0 aromatic heterocycles. The maximum atomic E-state index is 12.0. The second-order valence-corrected chi connectivity index (χ2v) is 6.08. The number of halogens is 2. The first kappa shape index (κ1) is 19.4. The number of carbonyl (C=O) groups is 1. The molecule has 0 radical (unpaired) electrons. The zero-order valence-corrected chi connectivity index (χ0v) is 15.6. The van der Waals surface area contributed by atoms with E-state index in [0.717, 1.165) is 5.56 Å². The number of methoxy groups -OCH3 is 2. The third-order valence-corrected chi connectivity index (χ3v) is 4.16. The number of carbonyl (C=O) groups excluding carboxylic acids is 1. The van der Waals surface area contributed by atoms with E-state index < -0.39 is 0 Å². The summed E-state index contributed by atoms with van der Waals surface area (Å²) in [5.41, 5.74) is 1.47. The van der Waals surface area contributed by atoms with Crippen LogP contribution in [0.25, 0.3) is 0 Å². The van der Waals surface area contributed by atoms with Crippen molar-refractivity contribution in [2.24, 2.45) is 0 Å². The molecule has 0 fully saturated rings. The van der Waals surface area contributed by atoms with Gasteiger partial charge in [-0.15, -0.1) is 0 Å². The van der Waals surface area contributed by atoms with Crippen molar-refractivity contribution in [3.8, 4) is 11.5 Å². The van der Waals surface area contributed by atoms with Crippen molar-refractivity contribution in [2.45, 2.75) is 13.0 Å². The average molecular weight is 383 g/mol. The molecule has 0 aliphatic heterocycles. The average Bonchev–Trinajstić information content (AvgIpc) is 2.61. The summed E-state index contributed by atoms with van der Waals surface area (Å²) in [5.74, 6) is 1.20. The van der Waals surface area contributed by atoms with Crippen LogP contribution in [0.2, 0.25) is 10.0 Å². The summed E-state index contributed by atoms with van der Waals surface area (Å²) >= 11 is 12.1. The molecule has 5 nitrogen and oxygen atoms in total. The summed E-state index contributed by atoms with van der Waals surface area (Å²) in [6.45, 7) is 1.13. The van der Waals surface area contributed by atoms with Gasteiger partial charge in [-0.2, -0.15) is 0 Å². The fourth-order valence-electron chi connectivity index (χ4n) is 2.24. The number of benzene rings is 2. The van der Waals surface area contributed by atoms with Gasteiger partial charge in [-0.1, -0.05) is 35.3 Å². The highest BCUT2D eigenvalue weighted by molar-refractivity contribution is 6.39. The topological polar surface area (TPSA) is 59.6 Å². The first-order valence-corrected chi connectivity index (χ1v) is 8.46.